The van der Waals surface area contributed by atoms with Gasteiger partial charge in [0.05, 0.1) is 5.60 Å². The van der Waals surface area contributed by atoms with Gasteiger partial charge in [-0.2, -0.15) is 0 Å². The highest BCUT2D eigenvalue weighted by atomic mass is 16.3. The molecule has 1 amide bonds. The number of aryl methyl sites for hydroxylation is 2. The number of benzene rings is 1. The normalized spacial score (nSPS) is 23.1. The van der Waals surface area contributed by atoms with Crippen molar-refractivity contribution in [2.75, 3.05) is 19.6 Å². The summed E-state index contributed by atoms with van der Waals surface area (Å²) in [6.45, 7) is 5.58. The van der Waals surface area contributed by atoms with Gasteiger partial charge < -0.3 is 15.7 Å². The summed E-state index contributed by atoms with van der Waals surface area (Å²) < 4.78 is 0. The molecule has 1 aromatic rings. The Labute approximate surface area is 107 Å². The van der Waals surface area contributed by atoms with Gasteiger partial charge in [0.2, 0.25) is 0 Å². The highest BCUT2D eigenvalue weighted by Crippen LogP contribution is 2.13. The van der Waals surface area contributed by atoms with Gasteiger partial charge in [0.1, 0.15) is 0 Å². The van der Waals surface area contributed by atoms with E-state index in [-0.39, 0.29) is 5.91 Å². The lowest BCUT2D eigenvalue weighted by molar-refractivity contribution is 0.0562. The van der Waals surface area contributed by atoms with Gasteiger partial charge in [0, 0.05) is 18.7 Å². The van der Waals surface area contributed by atoms with Gasteiger partial charge in [-0.05, 0) is 38.9 Å². The van der Waals surface area contributed by atoms with E-state index in [0.717, 1.165) is 17.7 Å². The molecule has 1 fully saturated rings. The van der Waals surface area contributed by atoms with Crippen LogP contribution in [0, 0.1) is 13.8 Å². The zero-order valence-electron chi connectivity index (χ0n) is 10.9. The van der Waals surface area contributed by atoms with E-state index in [9.17, 15) is 9.90 Å². The third kappa shape index (κ3) is 3.09. The number of aliphatic hydroxyl groups is 1. The minimum Gasteiger partial charge on any atom is -0.387 e. The zero-order valence-corrected chi connectivity index (χ0v) is 10.9. The molecule has 4 heteroatoms. The third-order valence-electron chi connectivity index (χ3n) is 3.28. The molecule has 0 radical (unpaired) electrons. The topological polar surface area (TPSA) is 61.4 Å². The summed E-state index contributed by atoms with van der Waals surface area (Å²) in [5, 5.41) is 16.0. The molecule has 1 saturated heterocycles. The number of carbonyl (C=O) groups excluding carboxylic acids is 1. The highest BCUT2D eigenvalue weighted by molar-refractivity contribution is 5.94. The Bertz CT molecular complexity index is 431. The monoisotopic (exact) mass is 248 g/mol. The van der Waals surface area contributed by atoms with Crippen LogP contribution < -0.4 is 10.6 Å². The van der Waals surface area contributed by atoms with Crippen LogP contribution in [0.15, 0.2) is 18.2 Å². The van der Waals surface area contributed by atoms with Gasteiger partial charge in [0.15, 0.2) is 0 Å². The van der Waals surface area contributed by atoms with Crippen LogP contribution in [0.5, 0.6) is 0 Å². The van der Waals surface area contributed by atoms with Crippen molar-refractivity contribution in [1.29, 1.82) is 0 Å². The second kappa shape index (κ2) is 5.08. The van der Waals surface area contributed by atoms with Crippen LogP contribution in [-0.4, -0.2) is 36.2 Å². The van der Waals surface area contributed by atoms with Crippen LogP contribution in [0.3, 0.4) is 0 Å². The van der Waals surface area contributed by atoms with Crippen LogP contribution >= 0.6 is 0 Å². The number of hydrogen-bond acceptors (Lipinski definition) is 3. The van der Waals surface area contributed by atoms with E-state index < -0.39 is 5.60 Å². The van der Waals surface area contributed by atoms with E-state index in [1.54, 1.807) is 0 Å². The van der Waals surface area contributed by atoms with E-state index in [2.05, 4.69) is 10.6 Å². The zero-order chi connectivity index (χ0) is 13.2. The summed E-state index contributed by atoms with van der Waals surface area (Å²) in [6, 6.07) is 5.75. The molecule has 1 atom stereocenters. The van der Waals surface area contributed by atoms with Crippen LogP contribution in [0.2, 0.25) is 0 Å². The predicted octanol–water partition coefficient (Wildman–Crippen LogP) is 0.758. The van der Waals surface area contributed by atoms with Crippen LogP contribution in [0.4, 0.5) is 0 Å². The fraction of sp³-hybridized carbons (Fsp3) is 0.500. The van der Waals surface area contributed by atoms with Gasteiger partial charge in [0.25, 0.3) is 5.91 Å². The first-order valence-electron chi connectivity index (χ1n) is 6.28. The van der Waals surface area contributed by atoms with Crippen molar-refractivity contribution >= 4 is 5.91 Å². The Balaban J connectivity index is 1.99. The molecular weight excluding hydrogens is 228 g/mol. The van der Waals surface area contributed by atoms with E-state index in [0.29, 0.717) is 25.1 Å². The Morgan fingerprint density at radius 1 is 1.39 bits per heavy atom. The first kappa shape index (κ1) is 13.1. The van der Waals surface area contributed by atoms with Crippen molar-refractivity contribution in [3.63, 3.8) is 0 Å². The minimum absolute atomic E-state index is 0.123. The van der Waals surface area contributed by atoms with Crippen molar-refractivity contribution < 1.29 is 9.90 Å². The molecule has 0 aliphatic carbocycles. The molecule has 0 bridgehead atoms. The van der Waals surface area contributed by atoms with Crippen LogP contribution in [-0.2, 0) is 0 Å². The number of β-amino-alcohol motifs (C(OH)–C–C–N with tert-alkyl or cyclic N) is 1. The first-order chi connectivity index (χ1) is 8.48. The van der Waals surface area contributed by atoms with Gasteiger partial charge in [-0.25, -0.2) is 0 Å². The highest BCUT2D eigenvalue weighted by Gasteiger charge is 2.31. The Morgan fingerprint density at radius 3 is 2.61 bits per heavy atom. The average molecular weight is 248 g/mol. The van der Waals surface area contributed by atoms with Gasteiger partial charge >= 0.3 is 0 Å². The van der Waals surface area contributed by atoms with E-state index in [1.807, 2.05) is 32.0 Å². The molecule has 3 N–H and O–H groups in total. The summed E-state index contributed by atoms with van der Waals surface area (Å²) in [6.07, 6.45) is 0.681. The molecule has 1 unspecified atom stereocenters. The molecule has 0 saturated carbocycles. The molecule has 1 aliphatic heterocycles. The summed E-state index contributed by atoms with van der Waals surface area (Å²) in [4.78, 5) is 12.0. The fourth-order valence-electron chi connectivity index (χ4n) is 2.33. The summed E-state index contributed by atoms with van der Waals surface area (Å²) in [7, 11) is 0. The first-order valence-corrected chi connectivity index (χ1v) is 6.28. The smallest absolute Gasteiger partial charge is 0.251 e. The molecule has 98 valence electrons. The number of hydrogen-bond donors (Lipinski definition) is 3. The van der Waals surface area contributed by atoms with Crippen molar-refractivity contribution in [2.24, 2.45) is 0 Å². The van der Waals surface area contributed by atoms with Crippen molar-refractivity contribution in [3.05, 3.63) is 34.9 Å². The third-order valence-corrected chi connectivity index (χ3v) is 3.28. The van der Waals surface area contributed by atoms with E-state index in [4.69, 9.17) is 0 Å². The van der Waals surface area contributed by atoms with Crippen LogP contribution in [0.1, 0.15) is 27.9 Å². The molecule has 0 spiro atoms. The van der Waals surface area contributed by atoms with Crippen molar-refractivity contribution in [2.45, 2.75) is 25.9 Å². The quantitative estimate of drug-likeness (QED) is 0.740. The number of nitrogens with one attached hydrogen (secondary N) is 2. The minimum atomic E-state index is -0.797. The fourth-order valence-corrected chi connectivity index (χ4v) is 2.33. The second-order valence-electron chi connectivity index (χ2n) is 5.21. The Morgan fingerprint density at radius 2 is 2.06 bits per heavy atom. The average Bonchev–Trinajstić information content (AvgIpc) is 2.72. The molecule has 4 nitrogen and oxygen atoms in total. The number of amides is 1. The Kier molecular flexibility index (Phi) is 3.68. The molecule has 0 aromatic heterocycles. The van der Waals surface area contributed by atoms with Crippen molar-refractivity contribution in [1.82, 2.24) is 10.6 Å². The summed E-state index contributed by atoms with van der Waals surface area (Å²) >= 11 is 0. The standard InChI is InChI=1S/C14H20N2O2/c1-10-5-11(2)7-12(6-10)13(17)16-9-14(18)3-4-15-8-14/h5-7,15,18H,3-4,8-9H2,1-2H3,(H,16,17). The summed E-state index contributed by atoms with van der Waals surface area (Å²) in [5.74, 6) is -0.123. The molecule has 1 heterocycles. The van der Waals surface area contributed by atoms with Crippen LogP contribution in [0.25, 0.3) is 0 Å². The largest absolute Gasteiger partial charge is 0.387 e. The van der Waals surface area contributed by atoms with E-state index in [1.165, 1.54) is 0 Å². The maximum absolute atomic E-state index is 12.0. The maximum atomic E-state index is 12.0. The van der Waals surface area contributed by atoms with Gasteiger partial charge in [-0.3, -0.25) is 4.79 Å². The molecule has 18 heavy (non-hydrogen) atoms. The van der Waals surface area contributed by atoms with Crippen molar-refractivity contribution in [3.8, 4) is 0 Å². The van der Waals surface area contributed by atoms with Gasteiger partial charge in [-0.15, -0.1) is 0 Å². The molecule has 1 aliphatic rings. The number of carbonyl (C=O) groups is 1. The van der Waals surface area contributed by atoms with Gasteiger partial charge in [-0.1, -0.05) is 17.2 Å². The molecular formula is C14H20N2O2. The predicted molar refractivity (Wildman–Crippen MR) is 70.7 cm³/mol. The molecule has 1 aromatic carbocycles. The SMILES string of the molecule is Cc1cc(C)cc(C(=O)NCC2(O)CCNC2)c1. The maximum Gasteiger partial charge on any atom is 0.251 e. The Hall–Kier alpha value is -1.39. The summed E-state index contributed by atoms with van der Waals surface area (Å²) in [5.41, 5.74) is 2.00. The van der Waals surface area contributed by atoms with E-state index >= 15 is 0 Å². The second-order valence-corrected chi connectivity index (χ2v) is 5.21. The lowest BCUT2D eigenvalue weighted by Crippen LogP contribution is -2.44. The lowest BCUT2D eigenvalue weighted by atomic mass is 10.0. The lowest BCUT2D eigenvalue weighted by Gasteiger charge is -2.21. The number of rotatable bonds is 3. The molecule has 2 rings (SSSR count).